The lowest BCUT2D eigenvalue weighted by atomic mass is 9.92. The quantitative estimate of drug-likeness (QED) is 0.819. The molecule has 1 N–H and O–H groups in total. The minimum Gasteiger partial charge on any atom is -0.339 e. The van der Waals surface area contributed by atoms with Crippen molar-refractivity contribution in [2.45, 2.75) is 19.8 Å². The molecule has 1 aromatic rings. The maximum atomic E-state index is 12.7. The normalized spacial score (nSPS) is 25.0. The number of halogens is 2. The van der Waals surface area contributed by atoms with Gasteiger partial charge in [-0.25, -0.2) is 0 Å². The molecule has 2 aliphatic heterocycles. The van der Waals surface area contributed by atoms with E-state index in [1.165, 1.54) is 5.56 Å². The minimum absolute atomic E-state index is 0. The van der Waals surface area contributed by atoms with Gasteiger partial charge >= 0.3 is 0 Å². The summed E-state index contributed by atoms with van der Waals surface area (Å²) in [7, 11) is 0. The summed E-state index contributed by atoms with van der Waals surface area (Å²) in [6.45, 7) is 6.07. The summed E-state index contributed by atoms with van der Waals surface area (Å²) in [4.78, 5) is 14.7. The second-order valence-electron chi connectivity index (χ2n) is 6.03. The van der Waals surface area contributed by atoms with Gasteiger partial charge in [0, 0.05) is 17.6 Å². The van der Waals surface area contributed by atoms with Gasteiger partial charge in [-0.05, 0) is 78.3 Å². The molecule has 21 heavy (non-hydrogen) atoms. The molecule has 2 heterocycles. The number of benzene rings is 1. The summed E-state index contributed by atoms with van der Waals surface area (Å²) < 4.78 is 0.911. The van der Waals surface area contributed by atoms with Crippen LogP contribution in [0.5, 0.6) is 0 Å². The lowest BCUT2D eigenvalue weighted by Gasteiger charge is -2.21. The highest BCUT2D eigenvalue weighted by atomic mass is 79.9. The number of rotatable bonds is 1. The van der Waals surface area contributed by atoms with Crippen LogP contribution in [-0.4, -0.2) is 37.0 Å². The van der Waals surface area contributed by atoms with Crippen molar-refractivity contribution < 1.29 is 4.79 Å². The van der Waals surface area contributed by atoms with Crippen LogP contribution < -0.4 is 5.32 Å². The fourth-order valence-electron chi connectivity index (χ4n) is 3.39. The molecule has 0 aliphatic carbocycles. The third-order valence-electron chi connectivity index (χ3n) is 4.66. The van der Waals surface area contributed by atoms with E-state index in [4.69, 9.17) is 0 Å². The zero-order chi connectivity index (χ0) is 14.1. The Morgan fingerprint density at radius 3 is 2.43 bits per heavy atom. The van der Waals surface area contributed by atoms with Crippen LogP contribution in [-0.2, 0) is 0 Å². The highest BCUT2D eigenvalue weighted by Gasteiger charge is 2.31. The number of aryl methyl sites for hydroxylation is 1. The smallest absolute Gasteiger partial charge is 0.254 e. The van der Waals surface area contributed by atoms with Crippen molar-refractivity contribution in [1.29, 1.82) is 0 Å². The molecule has 3 nitrogen and oxygen atoms in total. The third kappa shape index (κ3) is 3.61. The lowest BCUT2D eigenvalue weighted by Crippen LogP contribution is -2.33. The van der Waals surface area contributed by atoms with Crippen molar-refractivity contribution in [1.82, 2.24) is 10.2 Å². The summed E-state index contributed by atoms with van der Waals surface area (Å²) in [5.41, 5.74) is 1.96. The Hall–Kier alpha value is -0.580. The molecule has 2 saturated heterocycles. The number of hydrogen-bond donors (Lipinski definition) is 1. The van der Waals surface area contributed by atoms with Crippen LogP contribution in [0.15, 0.2) is 22.7 Å². The van der Waals surface area contributed by atoms with Crippen LogP contribution >= 0.6 is 28.3 Å². The van der Waals surface area contributed by atoms with Crippen LogP contribution in [0.1, 0.15) is 28.8 Å². The predicted octanol–water partition coefficient (Wildman–Crippen LogP) is 3.25. The van der Waals surface area contributed by atoms with Gasteiger partial charge in [0.25, 0.3) is 5.91 Å². The van der Waals surface area contributed by atoms with Gasteiger partial charge < -0.3 is 10.2 Å². The predicted molar refractivity (Wildman–Crippen MR) is 91.1 cm³/mol. The van der Waals surface area contributed by atoms with E-state index < -0.39 is 0 Å². The fourth-order valence-corrected chi connectivity index (χ4v) is 4.05. The first kappa shape index (κ1) is 16.8. The molecule has 0 bridgehead atoms. The van der Waals surface area contributed by atoms with Gasteiger partial charge in [-0.15, -0.1) is 12.4 Å². The van der Waals surface area contributed by atoms with Crippen LogP contribution in [0.2, 0.25) is 0 Å². The Balaban J connectivity index is 0.00000161. The third-order valence-corrected chi connectivity index (χ3v) is 5.32. The van der Waals surface area contributed by atoms with Gasteiger partial charge in [0.15, 0.2) is 0 Å². The highest BCUT2D eigenvalue weighted by Crippen LogP contribution is 2.28. The SMILES string of the molecule is Cc1ccc(C(=O)N2CC[C@@H]3CNC[C@@H]3CC2)c(Br)c1.Cl. The zero-order valence-electron chi connectivity index (χ0n) is 12.3. The van der Waals surface area contributed by atoms with Crippen LogP contribution in [0.4, 0.5) is 0 Å². The van der Waals surface area contributed by atoms with E-state index in [9.17, 15) is 4.79 Å². The van der Waals surface area contributed by atoms with Crippen LogP contribution in [0, 0.1) is 18.8 Å². The first-order chi connectivity index (χ1) is 9.65. The molecule has 0 saturated carbocycles. The van der Waals surface area contributed by atoms with Crippen molar-refractivity contribution in [2.75, 3.05) is 26.2 Å². The van der Waals surface area contributed by atoms with Gasteiger partial charge in [-0.3, -0.25) is 4.79 Å². The fraction of sp³-hybridized carbons (Fsp3) is 0.562. The Bertz CT molecular complexity index is 509. The molecule has 5 heteroatoms. The van der Waals surface area contributed by atoms with Crippen molar-refractivity contribution in [3.8, 4) is 0 Å². The summed E-state index contributed by atoms with van der Waals surface area (Å²) in [6.07, 6.45) is 2.26. The average Bonchev–Trinajstić information content (AvgIpc) is 2.77. The maximum absolute atomic E-state index is 12.7. The van der Waals surface area contributed by atoms with Gasteiger partial charge in [0.05, 0.1) is 5.56 Å². The molecule has 0 aromatic heterocycles. The van der Waals surface area contributed by atoms with Crippen molar-refractivity contribution in [3.63, 3.8) is 0 Å². The lowest BCUT2D eigenvalue weighted by molar-refractivity contribution is 0.0757. The number of nitrogens with one attached hydrogen (secondary N) is 1. The number of nitrogens with zero attached hydrogens (tertiary/aromatic N) is 1. The number of likely N-dealkylation sites (tertiary alicyclic amines) is 1. The van der Waals surface area contributed by atoms with E-state index in [2.05, 4.69) is 21.2 Å². The Morgan fingerprint density at radius 2 is 1.86 bits per heavy atom. The minimum atomic E-state index is 0. The summed E-state index contributed by atoms with van der Waals surface area (Å²) >= 11 is 3.52. The van der Waals surface area contributed by atoms with Crippen LogP contribution in [0.25, 0.3) is 0 Å². The van der Waals surface area contributed by atoms with E-state index in [-0.39, 0.29) is 18.3 Å². The van der Waals surface area contributed by atoms with Crippen molar-refractivity contribution >= 4 is 34.2 Å². The summed E-state index contributed by atoms with van der Waals surface area (Å²) in [5.74, 6) is 1.69. The van der Waals surface area contributed by atoms with Crippen molar-refractivity contribution in [3.05, 3.63) is 33.8 Å². The molecule has 0 spiro atoms. The number of fused-ring (bicyclic) bond motifs is 1. The molecule has 1 amide bonds. The average molecular weight is 374 g/mol. The molecule has 116 valence electrons. The molecule has 2 atom stereocenters. The monoisotopic (exact) mass is 372 g/mol. The molecule has 3 rings (SSSR count). The van der Waals surface area contributed by atoms with Gasteiger partial charge in [-0.2, -0.15) is 0 Å². The number of hydrogen-bond acceptors (Lipinski definition) is 2. The molecular formula is C16H22BrClN2O. The first-order valence-electron chi connectivity index (χ1n) is 7.41. The Labute approximate surface area is 141 Å². The second-order valence-corrected chi connectivity index (χ2v) is 6.89. The summed E-state index contributed by atoms with van der Waals surface area (Å²) in [6, 6.07) is 5.97. The number of carbonyl (C=O) groups excluding carboxylic acids is 1. The van der Waals surface area contributed by atoms with E-state index >= 15 is 0 Å². The van der Waals surface area contributed by atoms with E-state index in [0.29, 0.717) is 0 Å². The van der Waals surface area contributed by atoms with Crippen LogP contribution in [0.3, 0.4) is 0 Å². The number of carbonyl (C=O) groups is 1. The number of amides is 1. The molecule has 2 aliphatic rings. The molecule has 0 radical (unpaired) electrons. The Kier molecular flexibility index (Phi) is 5.69. The highest BCUT2D eigenvalue weighted by molar-refractivity contribution is 9.10. The summed E-state index contributed by atoms with van der Waals surface area (Å²) in [5, 5.41) is 3.47. The molecule has 1 aromatic carbocycles. The van der Waals surface area contributed by atoms with Crippen molar-refractivity contribution in [2.24, 2.45) is 11.8 Å². The van der Waals surface area contributed by atoms with Gasteiger partial charge in [-0.1, -0.05) is 6.07 Å². The molecule has 0 unspecified atom stereocenters. The maximum Gasteiger partial charge on any atom is 0.254 e. The van der Waals surface area contributed by atoms with Gasteiger partial charge in [0.2, 0.25) is 0 Å². The zero-order valence-corrected chi connectivity index (χ0v) is 14.7. The molecule has 2 fully saturated rings. The first-order valence-corrected chi connectivity index (χ1v) is 8.20. The molecular weight excluding hydrogens is 352 g/mol. The van der Waals surface area contributed by atoms with E-state index in [1.54, 1.807) is 0 Å². The largest absolute Gasteiger partial charge is 0.339 e. The van der Waals surface area contributed by atoms with E-state index in [0.717, 1.165) is 60.9 Å². The topological polar surface area (TPSA) is 32.3 Å². The van der Waals surface area contributed by atoms with E-state index in [1.807, 2.05) is 30.0 Å². The van der Waals surface area contributed by atoms with Gasteiger partial charge in [0.1, 0.15) is 0 Å². The Morgan fingerprint density at radius 1 is 1.24 bits per heavy atom. The standard InChI is InChI=1S/C16H21BrN2O.ClH/c1-11-2-3-14(15(17)8-11)16(20)19-6-4-12-9-18-10-13(12)5-7-19;/h2-3,8,12-13,18H,4-7,9-10H2,1H3;1H/t12-,13+;. The second kappa shape index (κ2) is 7.12.